The predicted octanol–water partition coefficient (Wildman–Crippen LogP) is 1.81. The smallest absolute Gasteiger partial charge is 0.145 e. The Bertz CT molecular complexity index is 354. The molecule has 0 unspecified atom stereocenters. The molecular weight excluding hydrogens is 174 g/mol. The summed E-state index contributed by atoms with van der Waals surface area (Å²) >= 11 is 0. The second-order valence-electron chi connectivity index (χ2n) is 3.79. The van der Waals surface area contributed by atoms with E-state index in [1.807, 2.05) is 33.9 Å². The van der Waals surface area contributed by atoms with Crippen LogP contribution in [0.3, 0.4) is 0 Å². The zero-order chi connectivity index (χ0) is 10.7. The maximum Gasteiger partial charge on any atom is 0.145 e. The molecule has 1 rings (SSSR count). The standard InChI is InChI=1S/C11H17N3/c1-7(2)14-11(12)10-9(4)5-8(3)6-13-10/h5-7H,1-4H3,(H2,12,14). The van der Waals surface area contributed by atoms with Gasteiger partial charge in [-0.2, -0.15) is 0 Å². The fraction of sp³-hybridized carbons (Fsp3) is 0.455. The Morgan fingerprint density at radius 3 is 2.57 bits per heavy atom. The fourth-order valence-electron chi connectivity index (χ4n) is 1.32. The summed E-state index contributed by atoms with van der Waals surface area (Å²) in [5.74, 6) is 0.525. The Labute approximate surface area is 85.1 Å². The first-order valence-electron chi connectivity index (χ1n) is 4.77. The van der Waals surface area contributed by atoms with Gasteiger partial charge in [-0.1, -0.05) is 6.07 Å². The van der Waals surface area contributed by atoms with E-state index in [1.165, 1.54) is 0 Å². The minimum atomic E-state index is 0.206. The summed E-state index contributed by atoms with van der Waals surface area (Å²) in [7, 11) is 0. The Morgan fingerprint density at radius 2 is 2.07 bits per heavy atom. The molecule has 76 valence electrons. The van der Waals surface area contributed by atoms with Gasteiger partial charge in [0.05, 0.1) is 0 Å². The minimum Gasteiger partial charge on any atom is -0.382 e. The van der Waals surface area contributed by atoms with E-state index in [-0.39, 0.29) is 6.04 Å². The number of nitrogens with zero attached hydrogens (tertiary/aromatic N) is 2. The molecule has 1 aromatic heterocycles. The number of hydrogen-bond acceptors (Lipinski definition) is 2. The van der Waals surface area contributed by atoms with Crippen LogP contribution in [0.25, 0.3) is 0 Å². The number of nitrogens with two attached hydrogens (primary N) is 1. The predicted molar refractivity (Wildman–Crippen MR) is 59.6 cm³/mol. The zero-order valence-electron chi connectivity index (χ0n) is 9.20. The second-order valence-corrected chi connectivity index (χ2v) is 3.79. The number of amidine groups is 1. The fourth-order valence-corrected chi connectivity index (χ4v) is 1.32. The summed E-state index contributed by atoms with van der Waals surface area (Å²) in [6, 6.07) is 2.27. The van der Waals surface area contributed by atoms with E-state index >= 15 is 0 Å². The molecule has 14 heavy (non-hydrogen) atoms. The highest BCUT2D eigenvalue weighted by molar-refractivity contribution is 5.97. The van der Waals surface area contributed by atoms with Crippen LogP contribution in [-0.4, -0.2) is 16.9 Å². The molecule has 0 saturated carbocycles. The highest BCUT2D eigenvalue weighted by Gasteiger charge is 2.04. The van der Waals surface area contributed by atoms with Crippen LogP contribution >= 0.6 is 0 Å². The summed E-state index contributed by atoms with van der Waals surface area (Å²) in [5.41, 5.74) is 8.85. The summed E-state index contributed by atoms with van der Waals surface area (Å²) in [6.45, 7) is 8.00. The lowest BCUT2D eigenvalue weighted by atomic mass is 10.1. The van der Waals surface area contributed by atoms with Gasteiger partial charge < -0.3 is 5.73 Å². The average molecular weight is 191 g/mol. The third kappa shape index (κ3) is 2.55. The van der Waals surface area contributed by atoms with Gasteiger partial charge in [0.15, 0.2) is 0 Å². The molecule has 2 N–H and O–H groups in total. The van der Waals surface area contributed by atoms with Crippen molar-refractivity contribution in [3.8, 4) is 0 Å². The van der Waals surface area contributed by atoms with Gasteiger partial charge >= 0.3 is 0 Å². The van der Waals surface area contributed by atoms with Crippen molar-refractivity contribution in [1.29, 1.82) is 0 Å². The van der Waals surface area contributed by atoms with E-state index < -0.39 is 0 Å². The molecule has 0 fully saturated rings. The lowest BCUT2D eigenvalue weighted by Crippen LogP contribution is -2.18. The van der Waals surface area contributed by atoms with Gasteiger partial charge in [0.1, 0.15) is 11.5 Å². The van der Waals surface area contributed by atoms with Crippen LogP contribution in [0.15, 0.2) is 17.3 Å². The maximum absolute atomic E-state index is 5.83. The van der Waals surface area contributed by atoms with Crippen molar-refractivity contribution in [1.82, 2.24) is 4.98 Å². The molecule has 0 radical (unpaired) electrons. The van der Waals surface area contributed by atoms with Gasteiger partial charge in [0.2, 0.25) is 0 Å². The summed E-state index contributed by atoms with van der Waals surface area (Å²) in [4.78, 5) is 8.55. The Morgan fingerprint density at radius 1 is 1.43 bits per heavy atom. The molecule has 0 aliphatic carbocycles. The van der Waals surface area contributed by atoms with Gasteiger partial charge in [0.25, 0.3) is 0 Å². The zero-order valence-corrected chi connectivity index (χ0v) is 9.20. The SMILES string of the molecule is Cc1cnc(C(N)=NC(C)C)c(C)c1. The second kappa shape index (κ2) is 4.22. The first-order valence-corrected chi connectivity index (χ1v) is 4.77. The van der Waals surface area contributed by atoms with E-state index in [0.717, 1.165) is 16.8 Å². The van der Waals surface area contributed by atoms with Crippen molar-refractivity contribution in [2.24, 2.45) is 10.7 Å². The molecule has 0 bridgehead atoms. The van der Waals surface area contributed by atoms with Crippen molar-refractivity contribution >= 4 is 5.84 Å². The quantitative estimate of drug-likeness (QED) is 0.572. The van der Waals surface area contributed by atoms with Gasteiger partial charge in [0, 0.05) is 12.2 Å². The Hall–Kier alpha value is -1.38. The van der Waals surface area contributed by atoms with Gasteiger partial charge in [-0.3, -0.25) is 9.98 Å². The van der Waals surface area contributed by atoms with Crippen LogP contribution in [0, 0.1) is 13.8 Å². The lowest BCUT2D eigenvalue weighted by molar-refractivity contribution is 0.833. The number of aliphatic imine (C=N–C) groups is 1. The van der Waals surface area contributed by atoms with E-state index in [9.17, 15) is 0 Å². The van der Waals surface area contributed by atoms with Crippen LogP contribution in [0.2, 0.25) is 0 Å². The molecule has 1 aromatic rings. The lowest BCUT2D eigenvalue weighted by Gasteiger charge is -2.06. The van der Waals surface area contributed by atoms with Gasteiger partial charge in [-0.05, 0) is 38.8 Å². The van der Waals surface area contributed by atoms with Gasteiger partial charge in [-0.15, -0.1) is 0 Å². The first-order chi connectivity index (χ1) is 6.50. The van der Waals surface area contributed by atoms with Gasteiger partial charge in [-0.25, -0.2) is 0 Å². The third-order valence-electron chi connectivity index (χ3n) is 1.85. The molecule has 0 aliphatic rings. The minimum absolute atomic E-state index is 0.206. The van der Waals surface area contributed by atoms with E-state index in [1.54, 1.807) is 0 Å². The summed E-state index contributed by atoms with van der Waals surface area (Å²) in [5, 5.41) is 0. The maximum atomic E-state index is 5.83. The number of hydrogen-bond donors (Lipinski definition) is 1. The molecule has 3 heteroatoms. The molecule has 0 spiro atoms. The molecule has 0 saturated heterocycles. The molecule has 0 aromatic carbocycles. The van der Waals surface area contributed by atoms with Crippen molar-refractivity contribution in [2.75, 3.05) is 0 Å². The third-order valence-corrected chi connectivity index (χ3v) is 1.85. The van der Waals surface area contributed by atoms with E-state index in [0.29, 0.717) is 5.84 Å². The van der Waals surface area contributed by atoms with Crippen molar-refractivity contribution < 1.29 is 0 Å². The van der Waals surface area contributed by atoms with Crippen LogP contribution < -0.4 is 5.73 Å². The number of aryl methyl sites for hydroxylation is 2. The molecule has 3 nitrogen and oxygen atoms in total. The highest BCUT2D eigenvalue weighted by Crippen LogP contribution is 2.07. The van der Waals surface area contributed by atoms with Crippen LogP contribution in [-0.2, 0) is 0 Å². The van der Waals surface area contributed by atoms with E-state index in [2.05, 4.69) is 16.0 Å². The van der Waals surface area contributed by atoms with Crippen LogP contribution in [0.4, 0.5) is 0 Å². The van der Waals surface area contributed by atoms with Crippen molar-refractivity contribution in [3.05, 3.63) is 29.1 Å². The molecule has 0 amide bonds. The molecule has 0 aliphatic heterocycles. The first kappa shape index (κ1) is 10.7. The van der Waals surface area contributed by atoms with Crippen molar-refractivity contribution in [3.63, 3.8) is 0 Å². The van der Waals surface area contributed by atoms with Crippen molar-refractivity contribution in [2.45, 2.75) is 33.7 Å². The normalized spacial score (nSPS) is 12.2. The molecule has 1 heterocycles. The summed E-state index contributed by atoms with van der Waals surface area (Å²) in [6.07, 6.45) is 1.81. The van der Waals surface area contributed by atoms with E-state index in [4.69, 9.17) is 5.73 Å². The topological polar surface area (TPSA) is 51.3 Å². The molecular formula is C11H17N3. The summed E-state index contributed by atoms with van der Waals surface area (Å²) < 4.78 is 0. The number of aromatic nitrogens is 1. The van der Waals surface area contributed by atoms with Crippen LogP contribution in [0.5, 0.6) is 0 Å². The average Bonchev–Trinajstić information content (AvgIpc) is 2.01. The monoisotopic (exact) mass is 191 g/mol. The largest absolute Gasteiger partial charge is 0.382 e. The molecule has 0 atom stereocenters. The number of rotatable bonds is 2. The number of pyridine rings is 1. The Kier molecular flexibility index (Phi) is 3.23. The Balaban J connectivity index is 3.07. The van der Waals surface area contributed by atoms with Crippen LogP contribution in [0.1, 0.15) is 30.7 Å². The highest BCUT2D eigenvalue weighted by atomic mass is 14.9.